The topological polar surface area (TPSA) is 59.1 Å². The molecule has 1 saturated carbocycles. The van der Waals surface area contributed by atoms with Crippen molar-refractivity contribution in [2.75, 3.05) is 13.2 Å². The Balaban J connectivity index is 1.45. The lowest BCUT2D eigenvalue weighted by Gasteiger charge is -2.36. The SMILES string of the molecule is Cc1ccc(S(=O)(=O)N2C[C@@H]3[C@H]([C@@H]2C)N(C2CCCCO2)OC32CC2)cc1. The third kappa shape index (κ3) is 2.78. The molecule has 0 bridgehead atoms. The van der Waals surface area contributed by atoms with Crippen LogP contribution in [0.4, 0.5) is 0 Å². The zero-order valence-electron chi connectivity index (χ0n) is 16.0. The van der Waals surface area contributed by atoms with Crippen molar-refractivity contribution in [3.8, 4) is 0 Å². The maximum Gasteiger partial charge on any atom is 0.243 e. The van der Waals surface area contributed by atoms with Crippen LogP contribution >= 0.6 is 0 Å². The Kier molecular flexibility index (Phi) is 4.19. The average molecular weight is 393 g/mol. The largest absolute Gasteiger partial charge is 0.361 e. The Morgan fingerprint density at radius 2 is 1.89 bits per heavy atom. The standard InChI is InChI=1S/C20H28N2O4S/c1-14-6-8-16(9-7-14)27(23,24)21-13-17-19(15(21)2)22(26-20(17)10-11-20)18-5-3-4-12-25-18/h6-9,15,17-19H,3-5,10-13H2,1-2H3/t15-,17+,18?,19-/m0/s1. The molecule has 0 aromatic heterocycles. The fourth-order valence-corrected chi connectivity index (χ4v) is 6.77. The van der Waals surface area contributed by atoms with Gasteiger partial charge in [-0.1, -0.05) is 17.7 Å². The molecule has 3 aliphatic heterocycles. The van der Waals surface area contributed by atoms with E-state index in [1.165, 1.54) is 0 Å². The van der Waals surface area contributed by atoms with E-state index in [0.29, 0.717) is 11.4 Å². The second kappa shape index (κ2) is 6.26. The summed E-state index contributed by atoms with van der Waals surface area (Å²) >= 11 is 0. The van der Waals surface area contributed by atoms with Gasteiger partial charge in [0.2, 0.25) is 10.0 Å². The number of hydrogen-bond donors (Lipinski definition) is 0. The van der Waals surface area contributed by atoms with Gasteiger partial charge >= 0.3 is 0 Å². The molecule has 5 rings (SSSR count). The van der Waals surface area contributed by atoms with Gasteiger partial charge in [-0.25, -0.2) is 8.42 Å². The summed E-state index contributed by atoms with van der Waals surface area (Å²) in [7, 11) is -3.51. The fraction of sp³-hybridized carbons (Fsp3) is 0.700. The molecule has 1 aliphatic carbocycles. The lowest BCUT2D eigenvalue weighted by atomic mass is 9.93. The van der Waals surface area contributed by atoms with E-state index in [-0.39, 0.29) is 29.8 Å². The van der Waals surface area contributed by atoms with E-state index in [4.69, 9.17) is 9.57 Å². The molecule has 4 aliphatic rings. The number of benzene rings is 1. The van der Waals surface area contributed by atoms with Crippen LogP contribution in [-0.4, -0.2) is 54.9 Å². The molecule has 0 N–H and O–H groups in total. The van der Waals surface area contributed by atoms with Gasteiger partial charge in [0.1, 0.15) is 6.23 Å². The zero-order valence-corrected chi connectivity index (χ0v) is 16.8. The highest BCUT2D eigenvalue weighted by Crippen LogP contribution is 2.58. The van der Waals surface area contributed by atoms with E-state index in [9.17, 15) is 8.42 Å². The molecule has 4 atom stereocenters. The summed E-state index contributed by atoms with van der Waals surface area (Å²) in [5, 5.41) is 2.03. The molecule has 0 amide bonds. The highest BCUT2D eigenvalue weighted by atomic mass is 32.2. The fourth-order valence-electron chi connectivity index (χ4n) is 5.10. The number of hydroxylamine groups is 2. The summed E-state index contributed by atoms with van der Waals surface area (Å²) in [5.74, 6) is 0.221. The van der Waals surface area contributed by atoms with Crippen LogP contribution in [-0.2, 0) is 19.6 Å². The Labute approximate surface area is 161 Å². The average Bonchev–Trinajstić information content (AvgIpc) is 3.25. The van der Waals surface area contributed by atoms with E-state index in [0.717, 1.165) is 44.3 Å². The summed E-state index contributed by atoms with van der Waals surface area (Å²) in [6, 6.07) is 7.10. The Bertz CT molecular complexity index is 815. The van der Waals surface area contributed by atoms with Crippen LogP contribution in [0.15, 0.2) is 29.2 Å². The molecule has 1 aromatic carbocycles. The molecule has 0 radical (unpaired) electrons. The van der Waals surface area contributed by atoms with Gasteiger partial charge in [-0.3, -0.25) is 4.84 Å². The van der Waals surface area contributed by atoms with Crippen LogP contribution in [0.3, 0.4) is 0 Å². The number of ether oxygens (including phenoxy) is 1. The first-order chi connectivity index (χ1) is 12.9. The van der Waals surface area contributed by atoms with Crippen molar-refractivity contribution in [3.63, 3.8) is 0 Å². The number of hydrogen-bond acceptors (Lipinski definition) is 5. The minimum atomic E-state index is -3.51. The summed E-state index contributed by atoms with van der Waals surface area (Å²) in [5.41, 5.74) is 0.892. The molecular formula is C20H28N2O4S. The molecule has 6 nitrogen and oxygen atoms in total. The molecule has 3 saturated heterocycles. The molecule has 1 spiro atoms. The van der Waals surface area contributed by atoms with Crippen LogP contribution in [0.2, 0.25) is 0 Å². The van der Waals surface area contributed by atoms with Gasteiger partial charge in [0.15, 0.2) is 0 Å². The van der Waals surface area contributed by atoms with Gasteiger partial charge in [0.05, 0.1) is 16.5 Å². The summed E-state index contributed by atoms with van der Waals surface area (Å²) < 4.78 is 34.4. The maximum atomic E-state index is 13.3. The first-order valence-electron chi connectivity index (χ1n) is 10.1. The van der Waals surface area contributed by atoms with Crippen molar-refractivity contribution < 1.29 is 18.0 Å². The van der Waals surface area contributed by atoms with Gasteiger partial charge in [-0.2, -0.15) is 9.37 Å². The second-order valence-corrected chi connectivity index (χ2v) is 10.5. The van der Waals surface area contributed by atoms with Crippen molar-refractivity contribution in [2.24, 2.45) is 5.92 Å². The highest BCUT2D eigenvalue weighted by molar-refractivity contribution is 7.89. The van der Waals surface area contributed by atoms with Crippen molar-refractivity contribution >= 4 is 10.0 Å². The van der Waals surface area contributed by atoms with Gasteiger partial charge in [0.25, 0.3) is 0 Å². The van der Waals surface area contributed by atoms with Crippen LogP contribution in [0.5, 0.6) is 0 Å². The number of rotatable bonds is 3. The predicted octanol–water partition coefficient (Wildman–Crippen LogP) is 2.68. The maximum absolute atomic E-state index is 13.3. The number of aryl methyl sites for hydroxylation is 1. The molecule has 27 heavy (non-hydrogen) atoms. The van der Waals surface area contributed by atoms with E-state index in [1.54, 1.807) is 16.4 Å². The van der Waals surface area contributed by atoms with Crippen LogP contribution < -0.4 is 0 Å². The molecule has 4 fully saturated rings. The first-order valence-corrected chi connectivity index (χ1v) is 11.5. The third-order valence-electron chi connectivity index (χ3n) is 6.80. The Morgan fingerprint density at radius 3 is 2.52 bits per heavy atom. The molecule has 1 aromatic rings. The van der Waals surface area contributed by atoms with E-state index in [1.807, 2.05) is 31.0 Å². The van der Waals surface area contributed by atoms with Crippen LogP contribution in [0, 0.1) is 12.8 Å². The predicted molar refractivity (Wildman–Crippen MR) is 100 cm³/mol. The second-order valence-electron chi connectivity index (χ2n) is 8.56. The highest BCUT2D eigenvalue weighted by Gasteiger charge is 2.68. The third-order valence-corrected chi connectivity index (χ3v) is 8.77. The summed E-state index contributed by atoms with van der Waals surface area (Å²) in [6.07, 6.45) is 5.17. The van der Waals surface area contributed by atoms with Crippen LogP contribution in [0.1, 0.15) is 44.6 Å². The minimum Gasteiger partial charge on any atom is -0.361 e. The Morgan fingerprint density at radius 1 is 1.15 bits per heavy atom. The van der Waals surface area contributed by atoms with Gasteiger partial charge in [-0.15, -0.1) is 0 Å². The minimum absolute atomic E-state index is 0.0456. The van der Waals surface area contributed by atoms with Crippen molar-refractivity contribution in [2.45, 2.75) is 74.8 Å². The van der Waals surface area contributed by atoms with Crippen molar-refractivity contribution in [1.82, 2.24) is 9.37 Å². The number of sulfonamides is 1. The molecular weight excluding hydrogens is 364 g/mol. The van der Waals surface area contributed by atoms with E-state index >= 15 is 0 Å². The van der Waals surface area contributed by atoms with Gasteiger partial charge in [-0.05, 0) is 58.1 Å². The molecule has 7 heteroatoms. The van der Waals surface area contributed by atoms with Crippen molar-refractivity contribution in [1.29, 1.82) is 0 Å². The summed E-state index contributed by atoms with van der Waals surface area (Å²) in [6.45, 7) is 5.28. The van der Waals surface area contributed by atoms with E-state index < -0.39 is 10.0 Å². The lowest BCUT2D eigenvalue weighted by Crippen LogP contribution is -2.49. The molecule has 1 unspecified atom stereocenters. The quantitative estimate of drug-likeness (QED) is 0.792. The van der Waals surface area contributed by atoms with Crippen molar-refractivity contribution in [3.05, 3.63) is 29.8 Å². The number of fused-ring (bicyclic) bond motifs is 2. The van der Waals surface area contributed by atoms with Gasteiger partial charge in [0, 0.05) is 25.1 Å². The van der Waals surface area contributed by atoms with E-state index in [2.05, 4.69) is 0 Å². The first kappa shape index (κ1) is 18.1. The molecule has 148 valence electrons. The number of nitrogens with zero attached hydrogens (tertiary/aromatic N) is 2. The van der Waals surface area contributed by atoms with Gasteiger partial charge < -0.3 is 4.74 Å². The van der Waals surface area contributed by atoms with Crippen LogP contribution in [0.25, 0.3) is 0 Å². The lowest BCUT2D eigenvalue weighted by molar-refractivity contribution is -0.273. The molecule has 3 heterocycles. The zero-order chi connectivity index (χ0) is 18.8. The smallest absolute Gasteiger partial charge is 0.243 e. The normalized spacial score (nSPS) is 36.2. The Hall–Kier alpha value is -0.990. The monoisotopic (exact) mass is 392 g/mol. The summed E-state index contributed by atoms with van der Waals surface area (Å²) in [4.78, 5) is 6.79.